The van der Waals surface area contributed by atoms with E-state index in [0.717, 1.165) is 12.3 Å². The Morgan fingerprint density at radius 3 is 2.88 bits per heavy atom. The summed E-state index contributed by atoms with van der Waals surface area (Å²) in [6.07, 6.45) is 0.945. The molecule has 0 saturated carbocycles. The van der Waals surface area contributed by atoms with Crippen LogP contribution in [0.5, 0.6) is 0 Å². The number of nitrogens with one attached hydrogen (secondary N) is 1. The van der Waals surface area contributed by atoms with Gasteiger partial charge in [0.1, 0.15) is 16.9 Å². The molecule has 0 saturated heterocycles. The van der Waals surface area contributed by atoms with E-state index >= 15 is 0 Å². The van der Waals surface area contributed by atoms with E-state index in [1.54, 1.807) is 0 Å². The summed E-state index contributed by atoms with van der Waals surface area (Å²) in [5.41, 5.74) is -0.532. The van der Waals surface area contributed by atoms with Crippen molar-refractivity contribution in [1.82, 2.24) is 10.3 Å². The van der Waals surface area contributed by atoms with Gasteiger partial charge in [0.15, 0.2) is 0 Å². The first kappa shape index (κ1) is 13.6. The third-order valence-electron chi connectivity index (χ3n) is 1.73. The minimum absolute atomic E-state index is 0.0124. The summed E-state index contributed by atoms with van der Waals surface area (Å²) in [7, 11) is 0. The summed E-state index contributed by atoms with van der Waals surface area (Å²) < 4.78 is 0.550. The second-order valence-electron chi connectivity index (χ2n) is 2.98. The van der Waals surface area contributed by atoms with E-state index in [0.29, 0.717) is 4.48 Å². The molecule has 1 N–H and O–H groups in total. The van der Waals surface area contributed by atoms with Crippen LogP contribution in [-0.4, -0.2) is 22.4 Å². The zero-order chi connectivity index (χ0) is 13.0. The Hall–Kier alpha value is -1.47. The fourth-order valence-corrected chi connectivity index (χ4v) is 1.32. The molecular formula is C9H7BrClN3O3. The topological polar surface area (TPSA) is 85.1 Å². The molecule has 1 aromatic heterocycles. The highest BCUT2D eigenvalue weighted by atomic mass is 79.9. The molecular weight excluding hydrogens is 313 g/mol. The van der Waals surface area contributed by atoms with Gasteiger partial charge in [0.25, 0.3) is 11.6 Å². The number of rotatable bonds is 4. The van der Waals surface area contributed by atoms with Crippen molar-refractivity contribution < 1.29 is 9.72 Å². The van der Waals surface area contributed by atoms with Crippen LogP contribution < -0.4 is 5.32 Å². The molecule has 0 spiro atoms. The summed E-state index contributed by atoms with van der Waals surface area (Å²) in [6, 6.07) is 1.14. The Morgan fingerprint density at radius 2 is 2.35 bits per heavy atom. The molecule has 1 amide bonds. The average molecular weight is 321 g/mol. The zero-order valence-electron chi connectivity index (χ0n) is 8.44. The van der Waals surface area contributed by atoms with E-state index in [-0.39, 0.29) is 17.3 Å². The number of carbonyl (C=O) groups excluding carboxylic acids is 1. The lowest BCUT2D eigenvalue weighted by atomic mass is 10.2. The van der Waals surface area contributed by atoms with Gasteiger partial charge in [-0.25, -0.2) is 4.98 Å². The summed E-state index contributed by atoms with van der Waals surface area (Å²) >= 11 is 8.64. The van der Waals surface area contributed by atoms with Crippen LogP contribution in [-0.2, 0) is 0 Å². The van der Waals surface area contributed by atoms with Crippen molar-refractivity contribution in [3.05, 3.63) is 44.2 Å². The molecule has 90 valence electrons. The lowest BCUT2D eigenvalue weighted by Gasteiger charge is -2.04. The molecule has 0 atom stereocenters. The van der Waals surface area contributed by atoms with Gasteiger partial charge in [-0.3, -0.25) is 14.9 Å². The number of carbonyl (C=O) groups is 1. The fraction of sp³-hybridized carbons (Fsp3) is 0.111. The van der Waals surface area contributed by atoms with Crippen LogP contribution in [0.2, 0.25) is 5.15 Å². The van der Waals surface area contributed by atoms with Crippen molar-refractivity contribution in [2.75, 3.05) is 6.54 Å². The molecule has 1 aromatic rings. The van der Waals surface area contributed by atoms with Crippen LogP contribution in [0.15, 0.2) is 23.3 Å². The number of hydrogen-bond donors (Lipinski definition) is 1. The van der Waals surface area contributed by atoms with Crippen LogP contribution in [0.3, 0.4) is 0 Å². The Labute approximate surface area is 110 Å². The number of hydrogen-bond acceptors (Lipinski definition) is 4. The third-order valence-corrected chi connectivity index (χ3v) is 2.22. The predicted octanol–water partition coefficient (Wildman–Crippen LogP) is 2.28. The fourth-order valence-electron chi connectivity index (χ4n) is 1.02. The molecule has 0 aromatic carbocycles. The van der Waals surface area contributed by atoms with Crippen LogP contribution >= 0.6 is 27.5 Å². The van der Waals surface area contributed by atoms with Crippen molar-refractivity contribution in [1.29, 1.82) is 0 Å². The van der Waals surface area contributed by atoms with E-state index in [1.165, 1.54) is 0 Å². The van der Waals surface area contributed by atoms with Gasteiger partial charge in [-0.15, -0.1) is 0 Å². The van der Waals surface area contributed by atoms with Crippen LogP contribution in [0, 0.1) is 10.1 Å². The largest absolute Gasteiger partial charge is 0.347 e. The maximum atomic E-state index is 11.7. The number of nitro groups is 1. The number of pyridine rings is 1. The predicted molar refractivity (Wildman–Crippen MR) is 66.3 cm³/mol. The monoisotopic (exact) mass is 319 g/mol. The van der Waals surface area contributed by atoms with E-state index in [2.05, 4.69) is 32.8 Å². The highest BCUT2D eigenvalue weighted by Gasteiger charge is 2.21. The molecule has 1 heterocycles. The minimum Gasteiger partial charge on any atom is -0.347 e. The molecule has 0 bridgehead atoms. The molecule has 0 aliphatic heterocycles. The van der Waals surface area contributed by atoms with Crippen molar-refractivity contribution in [3.8, 4) is 0 Å². The average Bonchev–Trinajstić information content (AvgIpc) is 2.25. The summed E-state index contributed by atoms with van der Waals surface area (Å²) in [6.45, 7) is 3.69. The Balaban J connectivity index is 3.02. The van der Waals surface area contributed by atoms with Gasteiger partial charge in [-0.05, 0) is 6.07 Å². The van der Waals surface area contributed by atoms with Crippen molar-refractivity contribution in [2.45, 2.75) is 0 Å². The van der Waals surface area contributed by atoms with Gasteiger partial charge in [-0.1, -0.05) is 34.1 Å². The van der Waals surface area contributed by atoms with Crippen molar-refractivity contribution >= 4 is 39.1 Å². The highest BCUT2D eigenvalue weighted by molar-refractivity contribution is 9.11. The number of aromatic nitrogens is 1. The van der Waals surface area contributed by atoms with Crippen molar-refractivity contribution in [3.63, 3.8) is 0 Å². The van der Waals surface area contributed by atoms with Crippen LogP contribution in [0.1, 0.15) is 10.4 Å². The molecule has 0 aliphatic carbocycles. The van der Waals surface area contributed by atoms with Gasteiger partial charge in [0.2, 0.25) is 0 Å². The van der Waals surface area contributed by atoms with Gasteiger partial charge in [-0.2, -0.15) is 0 Å². The lowest BCUT2D eigenvalue weighted by molar-refractivity contribution is -0.385. The van der Waals surface area contributed by atoms with E-state index in [4.69, 9.17) is 11.6 Å². The first-order valence-corrected chi connectivity index (χ1v) is 5.50. The zero-order valence-corrected chi connectivity index (χ0v) is 10.8. The normalized spacial score (nSPS) is 9.76. The SMILES string of the molecule is C=C(Br)CNC(=O)c1cc(Cl)ncc1[N+](=O)[O-]. The first-order chi connectivity index (χ1) is 7.91. The maximum absolute atomic E-state index is 11.7. The van der Waals surface area contributed by atoms with E-state index < -0.39 is 16.5 Å². The highest BCUT2D eigenvalue weighted by Crippen LogP contribution is 2.20. The molecule has 0 unspecified atom stereocenters. The van der Waals surface area contributed by atoms with Crippen LogP contribution in [0.4, 0.5) is 5.69 Å². The third kappa shape index (κ3) is 3.79. The van der Waals surface area contributed by atoms with Crippen molar-refractivity contribution in [2.24, 2.45) is 0 Å². The molecule has 0 fully saturated rings. The standard InChI is InChI=1S/C9H7BrClN3O3/c1-5(10)3-13-9(15)6-2-8(11)12-4-7(6)14(16)17/h2,4H,1,3H2,(H,13,15). The second kappa shape index (κ2) is 5.74. The molecule has 8 heteroatoms. The number of nitrogens with zero attached hydrogens (tertiary/aromatic N) is 2. The smallest absolute Gasteiger partial charge is 0.300 e. The van der Waals surface area contributed by atoms with E-state index in [1.807, 2.05) is 0 Å². The van der Waals surface area contributed by atoms with Crippen LogP contribution in [0.25, 0.3) is 0 Å². The quantitative estimate of drug-likeness (QED) is 0.524. The summed E-state index contributed by atoms with van der Waals surface area (Å²) in [5, 5.41) is 13.1. The van der Waals surface area contributed by atoms with Gasteiger partial charge < -0.3 is 5.32 Å². The minimum atomic E-state index is -0.693. The molecule has 6 nitrogen and oxygen atoms in total. The first-order valence-electron chi connectivity index (χ1n) is 4.33. The van der Waals surface area contributed by atoms with Gasteiger partial charge >= 0.3 is 0 Å². The lowest BCUT2D eigenvalue weighted by Crippen LogP contribution is -2.25. The van der Waals surface area contributed by atoms with E-state index in [9.17, 15) is 14.9 Å². The molecule has 17 heavy (non-hydrogen) atoms. The summed E-state index contributed by atoms with van der Waals surface area (Å²) in [5.74, 6) is -0.610. The molecule has 0 radical (unpaired) electrons. The Kier molecular flexibility index (Phi) is 4.59. The van der Waals surface area contributed by atoms with Gasteiger partial charge in [0.05, 0.1) is 4.92 Å². The number of amides is 1. The Bertz CT molecular complexity index is 492. The number of halogens is 2. The van der Waals surface area contributed by atoms with Gasteiger partial charge in [0, 0.05) is 11.0 Å². The molecule has 0 aliphatic rings. The maximum Gasteiger partial charge on any atom is 0.300 e. The summed E-state index contributed by atoms with van der Waals surface area (Å²) in [4.78, 5) is 25.2. The Morgan fingerprint density at radius 1 is 1.71 bits per heavy atom. The molecule has 1 rings (SSSR count). The second-order valence-corrected chi connectivity index (χ2v) is 4.49.